The number of amides is 3. The lowest BCUT2D eigenvalue weighted by Crippen LogP contribution is -2.42. The molecule has 4 rings (SSSR count). The summed E-state index contributed by atoms with van der Waals surface area (Å²) in [7, 11) is 0. The number of para-hydroxylation sites is 1. The maximum Gasteiger partial charge on any atom is 0.339 e. The number of halogens is 2. The highest BCUT2D eigenvalue weighted by atomic mass is 35.5. The van der Waals surface area contributed by atoms with Crippen LogP contribution in [0.5, 0.6) is 0 Å². The standard InChI is InChI=1S/C25H21Cl2N3O4/c1-13(23(31)30-25(28)33)34-24(32)20-16-8-2-3-11-19(16)29-22-15(7-4-9-17(20)22)12-14-6-5-10-18(26)21(14)27/h2-3,5-6,8,10-13H,4,7,9H2,1H3,(H3,28,30,31,33)/b15-12-. The Morgan fingerprint density at radius 2 is 1.88 bits per heavy atom. The number of benzene rings is 2. The summed E-state index contributed by atoms with van der Waals surface area (Å²) in [6.07, 6.45) is 2.86. The molecule has 2 aromatic carbocycles. The maximum atomic E-state index is 13.3. The lowest BCUT2D eigenvalue weighted by atomic mass is 9.86. The Bertz CT molecular complexity index is 1350. The van der Waals surface area contributed by atoms with Gasteiger partial charge in [-0.25, -0.2) is 14.6 Å². The number of hydrogen-bond donors (Lipinski definition) is 2. The molecule has 1 aliphatic rings. The Kier molecular flexibility index (Phi) is 6.86. The van der Waals surface area contributed by atoms with Crippen molar-refractivity contribution in [2.75, 3.05) is 0 Å². The smallest absolute Gasteiger partial charge is 0.339 e. The van der Waals surface area contributed by atoms with Gasteiger partial charge in [-0.3, -0.25) is 10.1 Å². The second-order valence-electron chi connectivity index (χ2n) is 7.90. The highest BCUT2D eigenvalue weighted by Gasteiger charge is 2.28. The number of carbonyl (C=O) groups excluding carboxylic acids is 3. The van der Waals surface area contributed by atoms with Crippen LogP contribution in [0.15, 0.2) is 42.5 Å². The molecule has 1 heterocycles. The lowest BCUT2D eigenvalue weighted by molar-refractivity contribution is -0.127. The molecule has 0 spiro atoms. The van der Waals surface area contributed by atoms with Crippen molar-refractivity contribution in [3.63, 3.8) is 0 Å². The van der Waals surface area contributed by atoms with Crippen molar-refractivity contribution >= 4 is 63.7 Å². The van der Waals surface area contributed by atoms with Crippen LogP contribution in [0, 0.1) is 0 Å². The Morgan fingerprint density at radius 3 is 2.65 bits per heavy atom. The van der Waals surface area contributed by atoms with Crippen LogP contribution in [0.2, 0.25) is 10.0 Å². The maximum absolute atomic E-state index is 13.3. The summed E-state index contributed by atoms with van der Waals surface area (Å²) in [5, 5.41) is 3.44. The minimum atomic E-state index is -1.22. The Labute approximate surface area is 205 Å². The predicted octanol–water partition coefficient (Wildman–Crippen LogP) is 5.16. The summed E-state index contributed by atoms with van der Waals surface area (Å²) >= 11 is 12.6. The number of aromatic nitrogens is 1. The Balaban J connectivity index is 1.82. The molecule has 1 unspecified atom stereocenters. The first-order valence-electron chi connectivity index (χ1n) is 10.6. The third kappa shape index (κ3) is 4.76. The fourth-order valence-electron chi connectivity index (χ4n) is 4.02. The first-order chi connectivity index (χ1) is 16.3. The third-order valence-electron chi connectivity index (χ3n) is 5.59. The average Bonchev–Trinajstić information content (AvgIpc) is 2.80. The normalized spacial score (nSPS) is 15.0. The zero-order valence-corrected chi connectivity index (χ0v) is 19.7. The molecule has 0 saturated carbocycles. The van der Waals surface area contributed by atoms with Gasteiger partial charge < -0.3 is 10.5 Å². The number of hydrogen-bond acceptors (Lipinski definition) is 5. The molecule has 1 aromatic heterocycles. The average molecular weight is 498 g/mol. The van der Waals surface area contributed by atoms with E-state index in [-0.39, 0.29) is 0 Å². The van der Waals surface area contributed by atoms with Crippen molar-refractivity contribution in [2.45, 2.75) is 32.3 Å². The largest absolute Gasteiger partial charge is 0.449 e. The molecule has 0 saturated heterocycles. The van der Waals surface area contributed by atoms with Crippen LogP contribution in [0.3, 0.4) is 0 Å². The van der Waals surface area contributed by atoms with E-state index in [2.05, 4.69) is 0 Å². The van der Waals surface area contributed by atoms with Gasteiger partial charge in [-0.15, -0.1) is 0 Å². The Hall–Kier alpha value is -3.42. The summed E-state index contributed by atoms with van der Waals surface area (Å²) in [4.78, 5) is 41.2. The number of nitrogens with one attached hydrogen (secondary N) is 1. The highest BCUT2D eigenvalue weighted by Crippen LogP contribution is 2.38. The first-order valence-corrected chi connectivity index (χ1v) is 11.4. The van der Waals surface area contributed by atoms with Gasteiger partial charge in [-0.1, -0.05) is 53.5 Å². The number of esters is 1. The number of rotatable bonds is 4. The van der Waals surface area contributed by atoms with Gasteiger partial charge in [0.1, 0.15) is 0 Å². The summed E-state index contributed by atoms with van der Waals surface area (Å²) in [6.45, 7) is 1.37. The molecule has 0 fully saturated rings. The van der Waals surface area contributed by atoms with E-state index >= 15 is 0 Å². The molecule has 7 nitrogen and oxygen atoms in total. The van der Waals surface area contributed by atoms with Crippen LogP contribution in [-0.4, -0.2) is 29.0 Å². The summed E-state index contributed by atoms with van der Waals surface area (Å²) in [5.41, 5.74) is 9.06. The van der Waals surface area contributed by atoms with E-state index in [1.54, 1.807) is 12.1 Å². The zero-order valence-electron chi connectivity index (χ0n) is 18.2. The number of pyridine rings is 1. The number of nitrogens with two attached hydrogens (primary N) is 1. The SMILES string of the molecule is CC(OC(=O)c1c2c(nc3ccccc13)/C(=C\c1cccc(Cl)c1Cl)CCC2)C(=O)NC(N)=O. The number of urea groups is 1. The second-order valence-corrected chi connectivity index (χ2v) is 8.68. The minimum absolute atomic E-state index is 0.349. The fraction of sp³-hybridized carbons (Fsp3) is 0.200. The van der Waals surface area contributed by atoms with Crippen LogP contribution in [0.1, 0.15) is 46.9 Å². The van der Waals surface area contributed by atoms with E-state index in [1.165, 1.54) is 6.92 Å². The van der Waals surface area contributed by atoms with E-state index in [4.69, 9.17) is 38.7 Å². The van der Waals surface area contributed by atoms with Crippen LogP contribution in [-0.2, 0) is 16.0 Å². The molecule has 1 atom stereocenters. The quantitative estimate of drug-likeness (QED) is 0.483. The number of fused-ring (bicyclic) bond motifs is 2. The first kappa shape index (κ1) is 23.7. The molecule has 3 N–H and O–H groups in total. The summed E-state index contributed by atoms with van der Waals surface area (Å²) in [6, 6.07) is 11.6. The van der Waals surface area contributed by atoms with Gasteiger partial charge in [0, 0.05) is 5.39 Å². The molecule has 174 valence electrons. The van der Waals surface area contributed by atoms with Crippen molar-refractivity contribution in [1.82, 2.24) is 10.3 Å². The number of nitrogens with zero attached hydrogens (tertiary/aromatic N) is 1. The Morgan fingerprint density at radius 1 is 1.12 bits per heavy atom. The van der Waals surface area contributed by atoms with Gasteiger partial charge in [0.2, 0.25) is 0 Å². The molecule has 3 amide bonds. The number of imide groups is 1. The number of carbonyl (C=O) groups is 3. The van der Waals surface area contributed by atoms with Crippen molar-refractivity contribution in [3.8, 4) is 0 Å². The number of primary amides is 1. The zero-order chi connectivity index (χ0) is 24.4. The highest BCUT2D eigenvalue weighted by molar-refractivity contribution is 6.43. The van der Waals surface area contributed by atoms with E-state index in [0.717, 1.165) is 29.5 Å². The molecule has 3 aromatic rings. The predicted molar refractivity (Wildman–Crippen MR) is 132 cm³/mol. The van der Waals surface area contributed by atoms with Crippen molar-refractivity contribution in [2.24, 2.45) is 5.73 Å². The monoisotopic (exact) mass is 497 g/mol. The van der Waals surface area contributed by atoms with Gasteiger partial charge in [0.15, 0.2) is 6.10 Å². The minimum Gasteiger partial charge on any atom is -0.449 e. The molecule has 0 aliphatic heterocycles. The van der Waals surface area contributed by atoms with Crippen LogP contribution in [0.25, 0.3) is 22.6 Å². The summed E-state index contributed by atoms with van der Waals surface area (Å²) in [5.74, 6) is -1.48. The van der Waals surface area contributed by atoms with E-state index < -0.39 is 24.0 Å². The van der Waals surface area contributed by atoms with Gasteiger partial charge in [0.05, 0.1) is 26.8 Å². The van der Waals surface area contributed by atoms with E-state index in [1.807, 2.05) is 41.7 Å². The van der Waals surface area contributed by atoms with Gasteiger partial charge in [-0.05, 0) is 61.1 Å². The molecular weight excluding hydrogens is 477 g/mol. The van der Waals surface area contributed by atoms with Crippen LogP contribution in [0.4, 0.5) is 4.79 Å². The van der Waals surface area contributed by atoms with Gasteiger partial charge >= 0.3 is 12.0 Å². The molecular formula is C25H21Cl2N3O4. The van der Waals surface area contributed by atoms with Crippen molar-refractivity contribution in [1.29, 1.82) is 0 Å². The van der Waals surface area contributed by atoms with Gasteiger partial charge in [-0.2, -0.15) is 0 Å². The molecule has 0 bridgehead atoms. The van der Waals surface area contributed by atoms with Crippen LogP contribution < -0.4 is 11.1 Å². The number of allylic oxidation sites excluding steroid dienone is 1. The van der Waals surface area contributed by atoms with Crippen molar-refractivity contribution in [3.05, 3.63) is 74.9 Å². The topological polar surface area (TPSA) is 111 Å². The number of ether oxygens (including phenoxy) is 1. The van der Waals surface area contributed by atoms with Gasteiger partial charge in [0.25, 0.3) is 5.91 Å². The third-order valence-corrected chi connectivity index (χ3v) is 6.42. The lowest BCUT2D eigenvalue weighted by Gasteiger charge is -2.23. The van der Waals surface area contributed by atoms with Crippen molar-refractivity contribution < 1.29 is 19.1 Å². The van der Waals surface area contributed by atoms with Crippen LogP contribution >= 0.6 is 23.2 Å². The second kappa shape index (κ2) is 9.83. The fourth-order valence-corrected chi connectivity index (χ4v) is 4.39. The molecule has 1 aliphatic carbocycles. The molecule has 9 heteroatoms. The molecule has 34 heavy (non-hydrogen) atoms. The summed E-state index contributed by atoms with van der Waals surface area (Å²) < 4.78 is 5.42. The molecule has 0 radical (unpaired) electrons. The van der Waals surface area contributed by atoms with E-state index in [0.29, 0.717) is 38.6 Å². The van der Waals surface area contributed by atoms with E-state index in [9.17, 15) is 14.4 Å².